The second-order valence-corrected chi connectivity index (χ2v) is 4.25. The van der Waals surface area contributed by atoms with Crippen molar-refractivity contribution >= 4 is 5.69 Å². The first kappa shape index (κ1) is 14.6. The van der Waals surface area contributed by atoms with Crippen LogP contribution in [-0.4, -0.2) is 32.1 Å². The van der Waals surface area contributed by atoms with Crippen molar-refractivity contribution < 1.29 is 17.9 Å². The highest BCUT2D eigenvalue weighted by Gasteiger charge is 2.33. The van der Waals surface area contributed by atoms with Crippen molar-refractivity contribution in [1.29, 1.82) is 0 Å². The summed E-state index contributed by atoms with van der Waals surface area (Å²) in [5.74, 6) is 0.190. The minimum absolute atomic E-state index is 0.190. The molecule has 102 valence electrons. The van der Waals surface area contributed by atoms with Crippen LogP contribution in [0.25, 0.3) is 0 Å². The summed E-state index contributed by atoms with van der Waals surface area (Å²) < 4.78 is 43.0. The van der Waals surface area contributed by atoms with Gasteiger partial charge in [-0.3, -0.25) is 0 Å². The zero-order valence-electron chi connectivity index (χ0n) is 10.4. The molecule has 0 radical (unpaired) electrons. The van der Waals surface area contributed by atoms with Gasteiger partial charge < -0.3 is 15.4 Å². The van der Waals surface area contributed by atoms with E-state index in [1.807, 2.05) is 19.0 Å². The Hall–Kier alpha value is -1.43. The average Bonchev–Trinajstić information content (AvgIpc) is 2.24. The van der Waals surface area contributed by atoms with Gasteiger partial charge in [0.1, 0.15) is 5.75 Å². The van der Waals surface area contributed by atoms with Gasteiger partial charge in [-0.1, -0.05) is 0 Å². The molecule has 0 atom stereocenters. The quantitative estimate of drug-likeness (QED) is 0.655. The third kappa shape index (κ3) is 4.44. The lowest BCUT2D eigenvalue weighted by Gasteiger charge is -2.13. The monoisotopic (exact) mass is 262 g/mol. The van der Waals surface area contributed by atoms with E-state index >= 15 is 0 Å². The number of rotatable bonds is 5. The largest absolute Gasteiger partial charge is 0.494 e. The normalized spacial score (nSPS) is 11.9. The molecule has 3 nitrogen and oxygen atoms in total. The number of nitrogen functional groups attached to an aromatic ring is 1. The Balaban J connectivity index is 2.63. The second-order valence-electron chi connectivity index (χ2n) is 4.25. The predicted molar refractivity (Wildman–Crippen MR) is 64.5 cm³/mol. The number of alkyl halides is 3. The first-order chi connectivity index (χ1) is 8.30. The first-order valence-corrected chi connectivity index (χ1v) is 5.55. The van der Waals surface area contributed by atoms with Gasteiger partial charge in [-0.25, -0.2) is 0 Å². The maximum Gasteiger partial charge on any atom is 0.418 e. The molecular weight excluding hydrogens is 245 g/mol. The molecule has 2 N–H and O–H groups in total. The third-order valence-electron chi connectivity index (χ3n) is 2.35. The molecule has 0 saturated carbocycles. The molecule has 0 spiro atoms. The summed E-state index contributed by atoms with van der Waals surface area (Å²) in [4.78, 5) is 1.98. The van der Waals surface area contributed by atoms with E-state index in [4.69, 9.17) is 10.5 Å². The van der Waals surface area contributed by atoms with Crippen LogP contribution in [0.15, 0.2) is 18.2 Å². The molecule has 1 aromatic carbocycles. The molecule has 0 fully saturated rings. The van der Waals surface area contributed by atoms with E-state index in [1.165, 1.54) is 12.1 Å². The Bertz CT molecular complexity index is 391. The highest BCUT2D eigenvalue weighted by molar-refractivity contribution is 5.51. The summed E-state index contributed by atoms with van der Waals surface area (Å²) in [5, 5.41) is 0. The van der Waals surface area contributed by atoms with Gasteiger partial charge in [0, 0.05) is 12.2 Å². The van der Waals surface area contributed by atoms with E-state index in [0.29, 0.717) is 6.61 Å². The van der Waals surface area contributed by atoms with Gasteiger partial charge in [-0.05, 0) is 38.7 Å². The topological polar surface area (TPSA) is 38.5 Å². The van der Waals surface area contributed by atoms with Crippen LogP contribution in [0, 0.1) is 0 Å². The summed E-state index contributed by atoms with van der Waals surface area (Å²) in [6.07, 6.45) is -3.70. The smallest absolute Gasteiger partial charge is 0.418 e. The standard InChI is InChI=1S/C12H17F3N2O/c1-17(2)6-3-7-18-9-4-5-11(16)10(8-9)12(13,14)15/h4-5,8H,3,6-7,16H2,1-2H3. The Morgan fingerprint density at radius 2 is 1.94 bits per heavy atom. The van der Waals surface area contributed by atoms with Gasteiger partial charge in [0.15, 0.2) is 0 Å². The molecule has 0 aromatic heterocycles. The Morgan fingerprint density at radius 1 is 1.28 bits per heavy atom. The van der Waals surface area contributed by atoms with Crippen LogP contribution in [0.2, 0.25) is 0 Å². The van der Waals surface area contributed by atoms with Crippen molar-refractivity contribution in [2.24, 2.45) is 0 Å². The summed E-state index contributed by atoms with van der Waals surface area (Å²) >= 11 is 0. The van der Waals surface area contributed by atoms with Crippen LogP contribution in [0.4, 0.5) is 18.9 Å². The van der Waals surface area contributed by atoms with E-state index in [9.17, 15) is 13.2 Å². The maximum absolute atomic E-state index is 12.6. The fourth-order valence-corrected chi connectivity index (χ4v) is 1.44. The number of nitrogens with zero attached hydrogens (tertiary/aromatic N) is 1. The van der Waals surface area contributed by atoms with E-state index < -0.39 is 11.7 Å². The zero-order chi connectivity index (χ0) is 13.8. The van der Waals surface area contributed by atoms with Crippen molar-refractivity contribution in [3.8, 4) is 5.75 Å². The van der Waals surface area contributed by atoms with Crippen LogP contribution in [-0.2, 0) is 6.18 Å². The minimum atomic E-state index is -4.45. The maximum atomic E-state index is 12.6. The fraction of sp³-hybridized carbons (Fsp3) is 0.500. The number of ether oxygens (including phenoxy) is 1. The molecule has 0 saturated heterocycles. The number of benzene rings is 1. The second kappa shape index (κ2) is 5.95. The summed E-state index contributed by atoms with van der Waals surface area (Å²) in [6.45, 7) is 1.19. The molecule has 18 heavy (non-hydrogen) atoms. The summed E-state index contributed by atoms with van der Waals surface area (Å²) in [5.41, 5.74) is 4.15. The molecule has 6 heteroatoms. The molecule has 0 amide bonds. The van der Waals surface area contributed by atoms with Crippen LogP contribution < -0.4 is 10.5 Å². The van der Waals surface area contributed by atoms with Crippen molar-refractivity contribution in [1.82, 2.24) is 4.90 Å². The third-order valence-corrected chi connectivity index (χ3v) is 2.35. The Kier molecular flexibility index (Phi) is 4.84. The Labute approximate surface area is 104 Å². The first-order valence-electron chi connectivity index (χ1n) is 5.55. The van der Waals surface area contributed by atoms with Gasteiger partial charge in [0.2, 0.25) is 0 Å². The van der Waals surface area contributed by atoms with Crippen molar-refractivity contribution in [3.63, 3.8) is 0 Å². The summed E-state index contributed by atoms with van der Waals surface area (Å²) in [6, 6.07) is 3.59. The minimum Gasteiger partial charge on any atom is -0.494 e. The van der Waals surface area contributed by atoms with Crippen LogP contribution in [0.1, 0.15) is 12.0 Å². The molecule has 1 rings (SSSR count). The summed E-state index contributed by atoms with van der Waals surface area (Å²) in [7, 11) is 3.84. The number of anilines is 1. The lowest BCUT2D eigenvalue weighted by molar-refractivity contribution is -0.137. The highest BCUT2D eigenvalue weighted by Crippen LogP contribution is 2.35. The fourth-order valence-electron chi connectivity index (χ4n) is 1.44. The van der Waals surface area contributed by atoms with Crippen LogP contribution >= 0.6 is 0 Å². The molecular formula is C12H17F3N2O. The molecule has 0 aliphatic heterocycles. The Morgan fingerprint density at radius 3 is 2.50 bits per heavy atom. The number of hydrogen-bond donors (Lipinski definition) is 1. The predicted octanol–water partition coefficient (Wildman–Crippen LogP) is 2.62. The van der Waals surface area contributed by atoms with Crippen LogP contribution in [0.5, 0.6) is 5.75 Å². The average molecular weight is 262 g/mol. The molecule has 0 bridgehead atoms. The molecule has 0 heterocycles. The molecule has 0 aliphatic rings. The molecule has 0 unspecified atom stereocenters. The number of halogens is 3. The highest BCUT2D eigenvalue weighted by atomic mass is 19.4. The van der Waals surface area contributed by atoms with Gasteiger partial charge >= 0.3 is 6.18 Å². The van der Waals surface area contributed by atoms with E-state index in [2.05, 4.69) is 0 Å². The van der Waals surface area contributed by atoms with Gasteiger partial charge in [-0.15, -0.1) is 0 Å². The molecule has 0 aliphatic carbocycles. The van der Waals surface area contributed by atoms with E-state index in [0.717, 1.165) is 19.0 Å². The lowest BCUT2D eigenvalue weighted by atomic mass is 10.1. The zero-order valence-corrected chi connectivity index (χ0v) is 10.4. The molecule has 1 aromatic rings. The number of hydrogen-bond acceptors (Lipinski definition) is 3. The van der Waals surface area contributed by atoms with E-state index in [-0.39, 0.29) is 11.4 Å². The SMILES string of the molecule is CN(C)CCCOc1ccc(N)c(C(F)(F)F)c1. The van der Waals surface area contributed by atoms with Crippen molar-refractivity contribution in [2.45, 2.75) is 12.6 Å². The van der Waals surface area contributed by atoms with Gasteiger partial charge in [-0.2, -0.15) is 13.2 Å². The lowest BCUT2D eigenvalue weighted by Crippen LogP contribution is -2.15. The van der Waals surface area contributed by atoms with Crippen molar-refractivity contribution in [3.05, 3.63) is 23.8 Å². The van der Waals surface area contributed by atoms with Crippen molar-refractivity contribution in [2.75, 3.05) is 33.0 Å². The van der Waals surface area contributed by atoms with E-state index in [1.54, 1.807) is 0 Å². The number of nitrogens with two attached hydrogens (primary N) is 1. The van der Waals surface area contributed by atoms with Gasteiger partial charge in [0.05, 0.1) is 12.2 Å². The van der Waals surface area contributed by atoms with Gasteiger partial charge in [0.25, 0.3) is 0 Å². The van der Waals surface area contributed by atoms with Crippen LogP contribution in [0.3, 0.4) is 0 Å².